The fourth-order valence-electron chi connectivity index (χ4n) is 4.39. The summed E-state index contributed by atoms with van der Waals surface area (Å²) < 4.78 is 7.03. The van der Waals surface area contributed by atoms with Crippen LogP contribution in [0.3, 0.4) is 0 Å². The number of anilines is 4. The maximum Gasteiger partial charge on any atom is 0.229 e. The second kappa shape index (κ2) is 10.3. The lowest BCUT2D eigenvalue weighted by Crippen LogP contribution is -2.28. The van der Waals surface area contributed by atoms with Gasteiger partial charge in [0.25, 0.3) is 0 Å². The number of hydrogen-bond donors (Lipinski definition) is 2. The lowest BCUT2D eigenvalue weighted by Gasteiger charge is -2.17. The molecule has 0 spiro atoms. The molecule has 5 rings (SSSR count). The van der Waals surface area contributed by atoms with Crippen LogP contribution < -0.4 is 20.3 Å². The minimum absolute atomic E-state index is 0.0851. The molecule has 0 saturated carbocycles. The van der Waals surface area contributed by atoms with Crippen molar-refractivity contribution < 1.29 is 14.3 Å². The van der Waals surface area contributed by atoms with Crippen molar-refractivity contribution in [3.8, 4) is 11.6 Å². The van der Waals surface area contributed by atoms with Crippen molar-refractivity contribution in [2.45, 2.75) is 27.2 Å². The van der Waals surface area contributed by atoms with Gasteiger partial charge in [-0.05, 0) is 74.9 Å². The summed E-state index contributed by atoms with van der Waals surface area (Å²) >= 11 is 0. The standard InChI is InChI=1S/C28H29N7O3/c1-17-18(2)33-35(19(17)3)26-13-12-25(31-32-26)29-21-8-10-22(11-9-21)30-28(37)20-14-27(36)34(16-20)23-6-5-7-24(15-23)38-4/h5-13,15,20H,14,16H2,1-4H3,(H,29,31)(H,30,37). The Balaban J connectivity index is 1.18. The molecule has 10 heteroatoms. The minimum Gasteiger partial charge on any atom is -0.497 e. The summed E-state index contributed by atoms with van der Waals surface area (Å²) in [4.78, 5) is 27.1. The van der Waals surface area contributed by atoms with Crippen LogP contribution in [0.25, 0.3) is 5.82 Å². The molecule has 194 valence electrons. The second-order valence-electron chi connectivity index (χ2n) is 9.28. The minimum atomic E-state index is -0.439. The number of rotatable bonds is 7. The van der Waals surface area contributed by atoms with Crippen molar-refractivity contribution in [3.05, 3.63) is 77.6 Å². The number of nitrogens with one attached hydrogen (secondary N) is 2. The average Bonchev–Trinajstić information content (AvgIpc) is 3.45. The predicted octanol–water partition coefficient (Wildman–Crippen LogP) is 4.33. The Kier molecular flexibility index (Phi) is 6.78. The highest BCUT2D eigenvalue weighted by molar-refractivity contribution is 6.03. The van der Waals surface area contributed by atoms with E-state index >= 15 is 0 Å². The first-order valence-corrected chi connectivity index (χ1v) is 12.3. The molecule has 2 N–H and O–H groups in total. The molecule has 2 aromatic heterocycles. The molecule has 0 radical (unpaired) electrons. The van der Waals surface area contributed by atoms with Gasteiger partial charge >= 0.3 is 0 Å². The van der Waals surface area contributed by atoms with Crippen molar-refractivity contribution in [1.29, 1.82) is 0 Å². The number of aryl methyl sites for hydroxylation is 1. The van der Waals surface area contributed by atoms with Crippen molar-refractivity contribution in [2.24, 2.45) is 5.92 Å². The van der Waals surface area contributed by atoms with Gasteiger partial charge in [-0.25, -0.2) is 4.68 Å². The van der Waals surface area contributed by atoms with Gasteiger partial charge in [-0.3, -0.25) is 9.59 Å². The van der Waals surface area contributed by atoms with E-state index in [1.807, 2.05) is 63.2 Å². The summed E-state index contributed by atoms with van der Waals surface area (Å²) in [5.74, 6) is 1.19. The number of benzene rings is 2. The Morgan fingerprint density at radius 1 is 1.00 bits per heavy atom. The van der Waals surface area contributed by atoms with Crippen molar-refractivity contribution in [1.82, 2.24) is 20.0 Å². The van der Waals surface area contributed by atoms with Crippen LogP contribution in [0, 0.1) is 26.7 Å². The second-order valence-corrected chi connectivity index (χ2v) is 9.28. The number of nitrogens with zero attached hydrogens (tertiary/aromatic N) is 5. The molecule has 2 amide bonds. The van der Waals surface area contributed by atoms with E-state index in [4.69, 9.17) is 4.74 Å². The van der Waals surface area contributed by atoms with Crippen molar-refractivity contribution in [2.75, 3.05) is 29.2 Å². The zero-order valence-electron chi connectivity index (χ0n) is 21.7. The largest absolute Gasteiger partial charge is 0.497 e. The molecule has 1 saturated heterocycles. The van der Waals surface area contributed by atoms with Crippen LogP contribution >= 0.6 is 0 Å². The number of methoxy groups -OCH3 is 1. The van der Waals surface area contributed by atoms with Gasteiger partial charge in [0.2, 0.25) is 11.8 Å². The van der Waals surface area contributed by atoms with Gasteiger partial charge in [-0.15, -0.1) is 10.2 Å². The van der Waals surface area contributed by atoms with Gasteiger partial charge in [-0.2, -0.15) is 5.10 Å². The van der Waals surface area contributed by atoms with Crippen molar-refractivity contribution >= 4 is 34.7 Å². The average molecular weight is 512 g/mol. The zero-order valence-corrected chi connectivity index (χ0v) is 21.7. The monoisotopic (exact) mass is 511 g/mol. The molecule has 3 heterocycles. The third-order valence-electron chi connectivity index (χ3n) is 6.81. The lowest BCUT2D eigenvalue weighted by molar-refractivity contribution is -0.122. The fraction of sp³-hybridized carbons (Fsp3) is 0.250. The quantitative estimate of drug-likeness (QED) is 0.380. The molecule has 1 aliphatic heterocycles. The maximum absolute atomic E-state index is 12.9. The molecule has 38 heavy (non-hydrogen) atoms. The molecule has 1 atom stereocenters. The Hall–Kier alpha value is -4.73. The zero-order chi connectivity index (χ0) is 26.8. The number of carbonyl (C=O) groups is 2. The first-order chi connectivity index (χ1) is 18.3. The predicted molar refractivity (Wildman–Crippen MR) is 145 cm³/mol. The van der Waals surface area contributed by atoms with Gasteiger partial charge in [0, 0.05) is 41.8 Å². The van der Waals surface area contributed by atoms with Crippen LogP contribution in [0.2, 0.25) is 0 Å². The van der Waals surface area contributed by atoms with E-state index in [1.165, 1.54) is 0 Å². The summed E-state index contributed by atoms with van der Waals surface area (Å²) in [5.41, 5.74) is 5.30. The van der Waals surface area contributed by atoms with Crippen LogP contribution in [-0.2, 0) is 9.59 Å². The molecule has 4 aromatic rings. The third-order valence-corrected chi connectivity index (χ3v) is 6.81. The molecule has 1 unspecified atom stereocenters. The van der Waals surface area contributed by atoms with Crippen LogP contribution in [-0.4, -0.2) is 45.4 Å². The van der Waals surface area contributed by atoms with Gasteiger partial charge in [0.1, 0.15) is 5.75 Å². The van der Waals surface area contributed by atoms with Crippen LogP contribution in [0.1, 0.15) is 23.4 Å². The van der Waals surface area contributed by atoms with E-state index in [2.05, 4.69) is 25.9 Å². The Bertz CT molecular complexity index is 1480. The number of carbonyl (C=O) groups excluding carboxylic acids is 2. The highest BCUT2D eigenvalue weighted by Gasteiger charge is 2.35. The summed E-state index contributed by atoms with van der Waals surface area (Å²) in [6.45, 7) is 6.33. The summed E-state index contributed by atoms with van der Waals surface area (Å²) in [7, 11) is 1.58. The third kappa shape index (κ3) is 5.06. The Morgan fingerprint density at radius 2 is 1.76 bits per heavy atom. The number of ether oxygens (including phenoxy) is 1. The van der Waals surface area contributed by atoms with Crippen molar-refractivity contribution in [3.63, 3.8) is 0 Å². The fourth-order valence-corrected chi connectivity index (χ4v) is 4.39. The molecule has 0 aliphatic carbocycles. The molecule has 2 aromatic carbocycles. The number of amides is 2. The molecule has 0 bridgehead atoms. The lowest BCUT2D eigenvalue weighted by atomic mass is 10.1. The van der Waals surface area contributed by atoms with Crippen LogP contribution in [0.15, 0.2) is 60.7 Å². The van der Waals surface area contributed by atoms with Gasteiger partial charge in [0.05, 0.1) is 18.7 Å². The molecular weight excluding hydrogens is 482 g/mol. The highest BCUT2D eigenvalue weighted by Crippen LogP contribution is 2.29. The number of hydrogen-bond acceptors (Lipinski definition) is 7. The normalized spacial score (nSPS) is 15.0. The van der Waals surface area contributed by atoms with E-state index in [0.717, 1.165) is 28.3 Å². The smallest absolute Gasteiger partial charge is 0.229 e. The SMILES string of the molecule is COc1cccc(N2CC(C(=O)Nc3ccc(Nc4ccc(-n5nc(C)c(C)c5C)nn4)cc3)CC2=O)c1. The van der Waals surface area contributed by atoms with E-state index in [0.29, 0.717) is 29.6 Å². The molecular formula is C28H29N7O3. The molecule has 10 nitrogen and oxygen atoms in total. The van der Waals surface area contributed by atoms with E-state index in [9.17, 15) is 9.59 Å². The maximum atomic E-state index is 12.9. The molecule has 1 fully saturated rings. The number of aromatic nitrogens is 4. The Morgan fingerprint density at radius 3 is 2.42 bits per heavy atom. The van der Waals surface area contributed by atoms with Gasteiger partial charge in [-0.1, -0.05) is 6.07 Å². The van der Waals surface area contributed by atoms with E-state index < -0.39 is 5.92 Å². The van der Waals surface area contributed by atoms with Gasteiger partial charge < -0.3 is 20.3 Å². The van der Waals surface area contributed by atoms with Crippen LogP contribution in [0.5, 0.6) is 5.75 Å². The summed E-state index contributed by atoms with van der Waals surface area (Å²) in [6, 6.07) is 18.3. The molecule has 1 aliphatic rings. The van der Waals surface area contributed by atoms with E-state index in [1.54, 1.807) is 34.9 Å². The first kappa shape index (κ1) is 24.9. The Labute approximate surface area is 220 Å². The summed E-state index contributed by atoms with van der Waals surface area (Å²) in [6.07, 6.45) is 0.161. The topological polar surface area (TPSA) is 114 Å². The summed E-state index contributed by atoms with van der Waals surface area (Å²) in [5, 5.41) is 19.2. The first-order valence-electron chi connectivity index (χ1n) is 12.3. The van der Waals surface area contributed by atoms with Gasteiger partial charge in [0.15, 0.2) is 11.6 Å². The van der Waals surface area contributed by atoms with E-state index in [-0.39, 0.29) is 18.2 Å². The highest BCUT2D eigenvalue weighted by atomic mass is 16.5. The van der Waals surface area contributed by atoms with Crippen LogP contribution in [0.4, 0.5) is 22.9 Å².